The van der Waals surface area contributed by atoms with Crippen molar-refractivity contribution in [2.45, 2.75) is 38.8 Å². The number of H-pyrrole nitrogens is 1. The van der Waals surface area contributed by atoms with Crippen LogP contribution < -0.4 is 5.32 Å². The zero-order valence-electron chi connectivity index (χ0n) is 10.9. The molecule has 2 atom stereocenters. The molecule has 0 saturated carbocycles. The molecule has 4 nitrogen and oxygen atoms in total. The number of amides is 1. The Morgan fingerprint density at radius 2 is 2.28 bits per heavy atom. The number of nitrogens with one attached hydrogen (secondary N) is 2. The van der Waals surface area contributed by atoms with Crippen molar-refractivity contribution in [2.75, 3.05) is 13.1 Å². The van der Waals surface area contributed by atoms with Crippen molar-refractivity contribution in [2.24, 2.45) is 0 Å². The first-order valence-electron chi connectivity index (χ1n) is 6.54. The Morgan fingerprint density at radius 3 is 2.83 bits per heavy atom. The van der Waals surface area contributed by atoms with Gasteiger partial charge in [0.1, 0.15) is 5.69 Å². The minimum Gasteiger partial charge on any atom is -0.356 e. The third kappa shape index (κ3) is 2.78. The highest BCUT2D eigenvalue weighted by Crippen LogP contribution is 2.18. The molecule has 2 rings (SSSR count). The molecule has 5 heteroatoms. The predicted octanol–water partition coefficient (Wildman–Crippen LogP) is 2.38. The van der Waals surface area contributed by atoms with Crippen LogP contribution in [0.5, 0.6) is 0 Å². The van der Waals surface area contributed by atoms with E-state index in [1.165, 1.54) is 0 Å². The second-order valence-electron chi connectivity index (χ2n) is 4.76. The van der Waals surface area contributed by atoms with Gasteiger partial charge < -0.3 is 15.2 Å². The number of nitrogens with zero attached hydrogens (tertiary/aromatic N) is 1. The average molecular weight is 314 g/mol. The quantitative estimate of drug-likeness (QED) is 0.900. The van der Waals surface area contributed by atoms with Crippen LogP contribution in [0.1, 0.15) is 37.2 Å². The number of carbonyl (C=O) groups is 1. The zero-order valence-corrected chi connectivity index (χ0v) is 12.5. The molecule has 0 radical (unpaired) electrons. The van der Waals surface area contributed by atoms with E-state index in [0.29, 0.717) is 17.8 Å². The number of aromatic nitrogens is 1. The molecule has 1 amide bonds. The zero-order chi connectivity index (χ0) is 13.1. The maximum absolute atomic E-state index is 12.5. The summed E-state index contributed by atoms with van der Waals surface area (Å²) in [5.74, 6) is 0.104. The van der Waals surface area contributed by atoms with E-state index in [0.717, 1.165) is 30.4 Å². The van der Waals surface area contributed by atoms with Gasteiger partial charge in [-0.1, -0.05) is 13.8 Å². The van der Waals surface area contributed by atoms with Crippen LogP contribution in [0.4, 0.5) is 0 Å². The molecule has 1 aromatic rings. The van der Waals surface area contributed by atoms with Crippen LogP contribution in [0.25, 0.3) is 0 Å². The molecule has 0 aliphatic carbocycles. The van der Waals surface area contributed by atoms with Crippen molar-refractivity contribution < 1.29 is 4.79 Å². The largest absolute Gasteiger partial charge is 0.356 e. The van der Waals surface area contributed by atoms with Gasteiger partial charge in [0, 0.05) is 35.8 Å². The van der Waals surface area contributed by atoms with E-state index in [2.05, 4.69) is 40.1 Å². The number of carbonyl (C=O) groups excluding carboxylic acids is 1. The number of piperazine rings is 1. The van der Waals surface area contributed by atoms with E-state index in [-0.39, 0.29) is 5.91 Å². The number of halogens is 1. The van der Waals surface area contributed by atoms with Gasteiger partial charge in [-0.2, -0.15) is 0 Å². The summed E-state index contributed by atoms with van der Waals surface area (Å²) >= 11 is 3.37. The van der Waals surface area contributed by atoms with Crippen LogP contribution in [-0.4, -0.2) is 41.0 Å². The van der Waals surface area contributed by atoms with E-state index in [1.54, 1.807) is 6.20 Å². The lowest BCUT2D eigenvalue weighted by molar-refractivity contribution is 0.0570. The molecule has 18 heavy (non-hydrogen) atoms. The number of aromatic amines is 1. The SMILES string of the molecule is CCC1CN(C(=O)c2cc(Br)c[nH]2)C(CC)CN1. The summed E-state index contributed by atoms with van der Waals surface area (Å²) in [5.41, 5.74) is 0.664. The summed E-state index contributed by atoms with van der Waals surface area (Å²) in [5, 5.41) is 3.50. The van der Waals surface area contributed by atoms with Crippen LogP contribution in [-0.2, 0) is 0 Å². The number of rotatable bonds is 3. The Morgan fingerprint density at radius 1 is 1.50 bits per heavy atom. The van der Waals surface area contributed by atoms with Gasteiger partial charge >= 0.3 is 0 Å². The van der Waals surface area contributed by atoms with E-state index < -0.39 is 0 Å². The Bertz CT molecular complexity index is 418. The second-order valence-corrected chi connectivity index (χ2v) is 5.68. The minimum atomic E-state index is 0.104. The molecule has 1 aromatic heterocycles. The highest BCUT2D eigenvalue weighted by molar-refractivity contribution is 9.10. The molecule has 1 fully saturated rings. The molecular weight excluding hydrogens is 294 g/mol. The highest BCUT2D eigenvalue weighted by Gasteiger charge is 2.30. The summed E-state index contributed by atoms with van der Waals surface area (Å²) in [6.45, 7) is 5.97. The summed E-state index contributed by atoms with van der Waals surface area (Å²) in [7, 11) is 0. The van der Waals surface area contributed by atoms with Gasteiger partial charge in [0.2, 0.25) is 0 Å². The van der Waals surface area contributed by atoms with Gasteiger partial charge in [-0.25, -0.2) is 0 Å². The van der Waals surface area contributed by atoms with Crippen molar-refractivity contribution in [1.29, 1.82) is 0 Å². The van der Waals surface area contributed by atoms with E-state index in [4.69, 9.17) is 0 Å². The average Bonchev–Trinajstić information content (AvgIpc) is 2.83. The van der Waals surface area contributed by atoms with Gasteiger partial charge in [0.05, 0.1) is 0 Å². The maximum Gasteiger partial charge on any atom is 0.270 e. The standard InChI is InChI=1S/C13H20BrN3O/c1-3-10-8-17(11(4-2)7-15-10)13(18)12-5-9(14)6-16-12/h5-6,10-11,15-16H,3-4,7-8H2,1-2H3. The molecule has 0 spiro atoms. The first-order chi connectivity index (χ1) is 8.65. The third-order valence-corrected chi connectivity index (χ3v) is 4.06. The molecule has 0 aromatic carbocycles. The smallest absolute Gasteiger partial charge is 0.270 e. The number of hydrogen-bond acceptors (Lipinski definition) is 2. The van der Waals surface area contributed by atoms with E-state index in [1.807, 2.05) is 11.0 Å². The maximum atomic E-state index is 12.5. The number of hydrogen-bond donors (Lipinski definition) is 2. The van der Waals surface area contributed by atoms with E-state index >= 15 is 0 Å². The van der Waals surface area contributed by atoms with E-state index in [9.17, 15) is 4.79 Å². The van der Waals surface area contributed by atoms with Crippen LogP contribution in [0.15, 0.2) is 16.7 Å². The minimum absolute atomic E-state index is 0.104. The van der Waals surface area contributed by atoms with Crippen molar-refractivity contribution in [3.8, 4) is 0 Å². The fourth-order valence-electron chi connectivity index (χ4n) is 2.40. The molecule has 1 aliphatic heterocycles. The van der Waals surface area contributed by atoms with Gasteiger partial charge in [-0.3, -0.25) is 4.79 Å². The lowest BCUT2D eigenvalue weighted by Gasteiger charge is -2.39. The highest BCUT2D eigenvalue weighted by atomic mass is 79.9. The molecule has 100 valence electrons. The van der Waals surface area contributed by atoms with Crippen molar-refractivity contribution in [3.05, 3.63) is 22.4 Å². The van der Waals surface area contributed by atoms with Gasteiger partial charge in [0.25, 0.3) is 5.91 Å². The molecule has 1 saturated heterocycles. The van der Waals surface area contributed by atoms with Crippen molar-refractivity contribution >= 4 is 21.8 Å². The van der Waals surface area contributed by atoms with Gasteiger partial charge in [-0.15, -0.1) is 0 Å². The molecule has 0 bridgehead atoms. The fourth-order valence-corrected chi connectivity index (χ4v) is 2.74. The summed E-state index contributed by atoms with van der Waals surface area (Å²) in [6, 6.07) is 2.55. The van der Waals surface area contributed by atoms with Gasteiger partial charge in [0.15, 0.2) is 0 Å². The Labute approximate surface area is 116 Å². The van der Waals surface area contributed by atoms with Crippen molar-refractivity contribution in [3.63, 3.8) is 0 Å². The first-order valence-corrected chi connectivity index (χ1v) is 7.33. The molecule has 1 aliphatic rings. The fraction of sp³-hybridized carbons (Fsp3) is 0.615. The second kappa shape index (κ2) is 5.89. The topological polar surface area (TPSA) is 48.1 Å². The van der Waals surface area contributed by atoms with Crippen LogP contribution in [0, 0.1) is 0 Å². The van der Waals surface area contributed by atoms with Crippen LogP contribution in [0.3, 0.4) is 0 Å². The first kappa shape index (κ1) is 13.6. The molecule has 2 unspecified atom stereocenters. The lowest BCUT2D eigenvalue weighted by Crippen LogP contribution is -2.57. The van der Waals surface area contributed by atoms with Crippen LogP contribution in [0.2, 0.25) is 0 Å². The Hall–Kier alpha value is -0.810. The Balaban J connectivity index is 2.14. The lowest BCUT2D eigenvalue weighted by atomic mass is 10.0. The molecule has 2 heterocycles. The van der Waals surface area contributed by atoms with Gasteiger partial charge in [-0.05, 0) is 34.8 Å². The summed E-state index contributed by atoms with van der Waals surface area (Å²) in [6.07, 6.45) is 3.83. The normalized spacial score (nSPS) is 24.3. The Kier molecular flexibility index (Phi) is 4.45. The van der Waals surface area contributed by atoms with Crippen LogP contribution >= 0.6 is 15.9 Å². The summed E-state index contributed by atoms with van der Waals surface area (Å²) < 4.78 is 0.918. The third-order valence-electron chi connectivity index (χ3n) is 3.60. The molecule has 2 N–H and O–H groups in total. The predicted molar refractivity (Wildman–Crippen MR) is 75.7 cm³/mol. The monoisotopic (exact) mass is 313 g/mol. The molecular formula is C13H20BrN3O. The van der Waals surface area contributed by atoms with Crippen molar-refractivity contribution in [1.82, 2.24) is 15.2 Å². The summed E-state index contributed by atoms with van der Waals surface area (Å²) in [4.78, 5) is 17.5.